The van der Waals surface area contributed by atoms with Gasteiger partial charge in [-0.2, -0.15) is 0 Å². The zero-order chi connectivity index (χ0) is 11.7. The molecule has 0 amide bonds. The van der Waals surface area contributed by atoms with Crippen molar-refractivity contribution in [3.8, 4) is 0 Å². The van der Waals surface area contributed by atoms with Crippen LogP contribution in [-0.4, -0.2) is 27.4 Å². The van der Waals surface area contributed by atoms with Crippen LogP contribution in [0.15, 0.2) is 24.4 Å². The molecule has 1 aliphatic heterocycles. The molecular formula is C13H16ClN3. The van der Waals surface area contributed by atoms with Gasteiger partial charge in [0.2, 0.25) is 0 Å². The topological polar surface area (TPSA) is 20.5 Å². The van der Waals surface area contributed by atoms with Crippen LogP contribution in [0.1, 0.15) is 25.0 Å². The quantitative estimate of drug-likeness (QED) is 0.816. The SMILES string of the molecule is Clc1c(CN2CCCCC2)nc2ccccn12. The fourth-order valence-corrected chi connectivity index (χ4v) is 2.69. The lowest BCUT2D eigenvalue weighted by atomic mass is 10.1. The van der Waals surface area contributed by atoms with E-state index in [1.54, 1.807) is 0 Å². The van der Waals surface area contributed by atoms with Gasteiger partial charge in [0.25, 0.3) is 0 Å². The van der Waals surface area contributed by atoms with E-state index in [2.05, 4.69) is 9.88 Å². The Morgan fingerprint density at radius 3 is 2.76 bits per heavy atom. The number of halogens is 1. The van der Waals surface area contributed by atoms with Crippen molar-refractivity contribution < 1.29 is 0 Å². The maximum Gasteiger partial charge on any atom is 0.138 e. The van der Waals surface area contributed by atoms with Gasteiger partial charge < -0.3 is 0 Å². The van der Waals surface area contributed by atoms with Crippen molar-refractivity contribution in [3.05, 3.63) is 35.2 Å². The number of nitrogens with zero attached hydrogens (tertiary/aromatic N) is 3. The van der Waals surface area contributed by atoms with Crippen LogP contribution < -0.4 is 0 Å². The third kappa shape index (κ3) is 2.17. The van der Waals surface area contributed by atoms with E-state index in [1.807, 2.05) is 28.8 Å². The molecule has 1 aliphatic rings. The van der Waals surface area contributed by atoms with Gasteiger partial charge in [0.15, 0.2) is 0 Å². The molecule has 2 aromatic rings. The second-order valence-corrected chi connectivity index (χ2v) is 4.97. The van der Waals surface area contributed by atoms with Gasteiger partial charge in [-0.15, -0.1) is 0 Å². The van der Waals surface area contributed by atoms with Gasteiger partial charge in [-0.3, -0.25) is 9.30 Å². The van der Waals surface area contributed by atoms with Gasteiger partial charge in [0, 0.05) is 12.7 Å². The van der Waals surface area contributed by atoms with Crippen LogP contribution in [0.4, 0.5) is 0 Å². The summed E-state index contributed by atoms with van der Waals surface area (Å²) in [6.45, 7) is 3.22. The smallest absolute Gasteiger partial charge is 0.138 e. The molecule has 0 unspecified atom stereocenters. The van der Waals surface area contributed by atoms with E-state index < -0.39 is 0 Å². The van der Waals surface area contributed by atoms with E-state index in [9.17, 15) is 0 Å². The van der Waals surface area contributed by atoms with Crippen molar-refractivity contribution >= 4 is 17.2 Å². The fraction of sp³-hybridized carbons (Fsp3) is 0.462. The Bertz CT molecular complexity index is 514. The molecule has 3 rings (SSSR count). The highest BCUT2D eigenvalue weighted by molar-refractivity contribution is 6.30. The van der Waals surface area contributed by atoms with Crippen LogP contribution in [0.3, 0.4) is 0 Å². The number of rotatable bonds is 2. The molecule has 2 aromatic heterocycles. The predicted octanol–water partition coefficient (Wildman–Crippen LogP) is 2.97. The van der Waals surface area contributed by atoms with E-state index in [-0.39, 0.29) is 0 Å². The van der Waals surface area contributed by atoms with Crippen molar-refractivity contribution in [1.82, 2.24) is 14.3 Å². The highest BCUT2D eigenvalue weighted by Crippen LogP contribution is 2.21. The average molecular weight is 250 g/mol. The molecule has 1 saturated heterocycles. The Hall–Kier alpha value is -1.06. The van der Waals surface area contributed by atoms with Crippen molar-refractivity contribution in [1.29, 1.82) is 0 Å². The minimum Gasteiger partial charge on any atom is -0.297 e. The predicted molar refractivity (Wildman–Crippen MR) is 69.3 cm³/mol. The first kappa shape index (κ1) is 11.1. The zero-order valence-electron chi connectivity index (χ0n) is 9.77. The van der Waals surface area contributed by atoms with Crippen LogP contribution in [-0.2, 0) is 6.54 Å². The van der Waals surface area contributed by atoms with Gasteiger partial charge in [-0.05, 0) is 38.1 Å². The van der Waals surface area contributed by atoms with E-state index in [1.165, 1.54) is 32.4 Å². The number of fused-ring (bicyclic) bond motifs is 1. The summed E-state index contributed by atoms with van der Waals surface area (Å²) >= 11 is 6.35. The summed E-state index contributed by atoms with van der Waals surface area (Å²) in [4.78, 5) is 7.04. The van der Waals surface area contributed by atoms with Crippen molar-refractivity contribution in [2.24, 2.45) is 0 Å². The highest BCUT2D eigenvalue weighted by Gasteiger charge is 2.15. The minimum atomic E-state index is 0.756. The molecule has 0 radical (unpaired) electrons. The maximum atomic E-state index is 6.35. The van der Waals surface area contributed by atoms with Crippen LogP contribution >= 0.6 is 11.6 Å². The lowest BCUT2D eigenvalue weighted by Gasteiger charge is -2.25. The van der Waals surface area contributed by atoms with Crippen LogP contribution in [0.5, 0.6) is 0 Å². The van der Waals surface area contributed by atoms with Crippen LogP contribution in [0.25, 0.3) is 5.65 Å². The van der Waals surface area contributed by atoms with Crippen LogP contribution in [0.2, 0.25) is 5.15 Å². The second kappa shape index (κ2) is 4.67. The van der Waals surface area contributed by atoms with E-state index in [0.29, 0.717) is 0 Å². The van der Waals surface area contributed by atoms with Crippen molar-refractivity contribution in [2.75, 3.05) is 13.1 Å². The van der Waals surface area contributed by atoms with E-state index in [0.717, 1.165) is 23.0 Å². The number of hydrogen-bond acceptors (Lipinski definition) is 2. The third-order valence-corrected chi connectivity index (χ3v) is 3.76. The number of piperidine rings is 1. The summed E-state index contributed by atoms with van der Waals surface area (Å²) in [5.74, 6) is 0. The van der Waals surface area contributed by atoms with Crippen molar-refractivity contribution in [3.63, 3.8) is 0 Å². The average Bonchev–Trinajstić information content (AvgIpc) is 2.68. The number of aromatic nitrogens is 2. The Kier molecular flexibility index (Phi) is 3.04. The number of likely N-dealkylation sites (tertiary alicyclic amines) is 1. The van der Waals surface area contributed by atoms with Crippen LogP contribution in [0, 0.1) is 0 Å². The molecule has 1 fully saturated rings. The third-order valence-electron chi connectivity index (χ3n) is 3.36. The molecule has 0 spiro atoms. The van der Waals surface area contributed by atoms with E-state index >= 15 is 0 Å². The largest absolute Gasteiger partial charge is 0.297 e. The standard InChI is InChI=1S/C13H16ClN3/c14-13-11(10-16-7-3-1-4-8-16)15-12-6-2-5-9-17(12)13/h2,5-6,9H,1,3-4,7-8,10H2. The minimum absolute atomic E-state index is 0.756. The lowest BCUT2D eigenvalue weighted by molar-refractivity contribution is 0.219. The summed E-state index contributed by atoms with van der Waals surface area (Å²) in [6.07, 6.45) is 5.91. The summed E-state index contributed by atoms with van der Waals surface area (Å²) in [7, 11) is 0. The number of pyridine rings is 1. The summed E-state index contributed by atoms with van der Waals surface area (Å²) < 4.78 is 1.95. The van der Waals surface area contributed by atoms with Gasteiger partial charge >= 0.3 is 0 Å². The highest BCUT2D eigenvalue weighted by atomic mass is 35.5. The summed E-state index contributed by atoms with van der Waals surface area (Å²) in [5, 5.41) is 0.756. The maximum absolute atomic E-state index is 6.35. The molecule has 90 valence electrons. The summed E-state index contributed by atoms with van der Waals surface area (Å²) in [5.41, 5.74) is 1.93. The van der Waals surface area contributed by atoms with E-state index in [4.69, 9.17) is 11.6 Å². The monoisotopic (exact) mass is 249 g/mol. The molecule has 0 bridgehead atoms. The molecule has 3 heterocycles. The normalized spacial score (nSPS) is 17.7. The molecule has 0 saturated carbocycles. The Labute approximate surface area is 106 Å². The summed E-state index contributed by atoms with van der Waals surface area (Å²) in [6, 6.07) is 5.96. The number of hydrogen-bond donors (Lipinski definition) is 0. The first-order valence-electron chi connectivity index (χ1n) is 6.18. The Balaban J connectivity index is 1.87. The lowest BCUT2D eigenvalue weighted by Crippen LogP contribution is -2.29. The molecule has 4 heteroatoms. The van der Waals surface area contributed by atoms with Gasteiger partial charge in [-0.1, -0.05) is 24.1 Å². The van der Waals surface area contributed by atoms with Gasteiger partial charge in [0.05, 0.1) is 5.69 Å². The molecule has 0 aliphatic carbocycles. The fourth-order valence-electron chi connectivity index (χ4n) is 2.44. The molecule has 3 nitrogen and oxygen atoms in total. The first-order valence-corrected chi connectivity index (χ1v) is 6.56. The molecule has 0 atom stereocenters. The molecule has 0 N–H and O–H groups in total. The Morgan fingerprint density at radius 1 is 1.18 bits per heavy atom. The molecular weight excluding hydrogens is 234 g/mol. The second-order valence-electron chi connectivity index (χ2n) is 4.61. The molecule has 0 aromatic carbocycles. The zero-order valence-corrected chi connectivity index (χ0v) is 10.5. The first-order chi connectivity index (χ1) is 8.34. The van der Waals surface area contributed by atoms with Crippen molar-refractivity contribution in [2.45, 2.75) is 25.8 Å². The molecule has 17 heavy (non-hydrogen) atoms. The van der Waals surface area contributed by atoms with Gasteiger partial charge in [0.1, 0.15) is 10.8 Å². The number of imidazole rings is 1. The Morgan fingerprint density at radius 2 is 2.00 bits per heavy atom. The van der Waals surface area contributed by atoms with Gasteiger partial charge in [-0.25, -0.2) is 4.98 Å².